The molecule has 0 aliphatic carbocycles. The second-order valence-electron chi connectivity index (χ2n) is 4.00. The average molecular weight is 222 g/mol. The van der Waals surface area contributed by atoms with Gasteiger partial charge in [0.1, 0.15) is 11.5 Å². The van der Waals surface area contributed by atoms with E-state index in [-0.39, 0.29) is 0 Å². The smallest absolute Gasteiger partial charge is 0.144 e. The largest absolute Gasteiger partial charge is 0.495 e. The van der Waals surface area contributed by atoms with Crippen LogP contribution in [0.2, 0.25) is 0 Å². The molecule has 4 heteroatoms. The summed E-state index contributed by atoms with van der Waals surface area (Å²) in [5, 5.41) is 3.40. The highest BCUT2D eigenvalue weighted by Crippen LogP contribution is 2.37. The summed E-state index contributed by atoms with van der Waals surface area (Å²) in [6.07, 6.45) is 5.88. The maximum atomic E-state index is 5.37. The number of pyridine rings is 1. The lowest BCUT2D eigenvalue weighted by atomic mass is 9.91. The fourth-order valence-electron chi connectivity index (χ4n) is 2.26. The van der Waals surface area contributed by atoms with Crippen molar-refractivity contribution in [2.24, 2.45) is 0 Å². The lowest BCUT2D eigenvalue weighted by Gasteiger charge is -2.25. The van der Waals surface area contributed by atoms with Gasteiger partial charge in [-0.15, -0.1) is 0 Å². The standard InChI is InChI=1S/C12H18N2O2/c1-15-10-7-14-8-11(16-2)12(10)9-4-3-5-13-6-9/h7-9,13H,3-6H2,1-2H3. The SMILES string of the molecule is COc1cncc(OC)c1C1CCCNC1. The molecule has 1 aliphatic rings. The quantitative estimate of drug-likeness (QED) is 0.843. The van der Waals surface area contributed by atoms with Gasteiger partial charge in [-0.2, -0.15) is 0 Å². The maximum absolute atomic E-state index is 5.37. The Hall–Kier alpha value is -1.29. The molecule has 1 unspecified atom stereocenters. The van der Waals surface area contributed by atoms with E-state index in [1.807, 2.05) is 0 Å². The van der Waals surface area contributed by atoms with Gasteiger partial charge in [-0.3, -0.25) is 4.98 Å². The van der Waals surface area contributed by atoms with E-state index in [9.17, 15) is 0 Å². The number of ether oxygens (including phenoxy) is 2. The third kappa shape index (κ3) is 2.11. The molecule has 2 heterocycles. The predicted molar refractivity (Wildman–Crippen MR) is 62.2 cm³/mol. The number of hydrogen-bond donors (Lipinski definition) is 1. The maximum Gasteiger partial charge on any atom is 0.144 e. The van der Waals surface area contributed by atoms with Gasteiger partial charge < -0.3 is 14.8 Å². The van der Waals surface area contributed by atoms with E-state index in [0.29, 0.717) is 5.92 Å². The summed E-state index contributed by atoms with van der Waals surface area (Å²) in [6.45, 7) is 2.09. The minimum Gasteiger partial charge on any atom is -0.495 e. The number of nitrogens with one attached hydrogen (secondary N) is 1. The van der Waals surface area contributed by atoms with Crippen LogP contribution in [0.25, 0.3) is 0 Å². The average Bonchev–Trinajstić information content (AvgIpc) is 2.38. The summed E-state index contributed by atoms with van der Waals surface area (Å²) < 4.78 is 10.7. The van der Waals surface area contributed by atoms with E-state index in [4.69, 9.17) is 9.47 Å². The molecule has 1 atom stereocenters. The molecule has 88 valence electrons. The molecule has 0 radical (unpaired) electrons. The van der Waals surface area contributed by atoms with Crippen LogP contribution in [0, 0.1) is 0 Å². The predicted octanol–water partition coefficient (Wildman–Crippen LogP) is 1.57. The van der Waals surface area contributed by atoms with E-state index >= 15 is 0 Å². The Morgan fingerprint density at radius 1 is 1.25 bits per heavy atom. The van der Waals surface area contributed by atoms with E-state index < -0.39 is 0 Å². The lowest BCUT2D eigenvalue weighted by Crippen LogP contribution is -2.28. The summed E-state index contributed by atoms with van der Waals surface area (Å²) in [6, 6.07) is 0. The van der Waals surface area contributed by atoms with Gasteiger partial charge in [0, 0.05) is 18.0 Å². The van der Waals surface area contributed by atoms with Gasteiger partial charge in [-0.05, 0) is 19.4 Å². The second-order valence-corrected chi connectivity index (χ2v) is 4.00. The number of methoxy groups -OCH3 is 2. The summed E-state index contributed by atoms with van der Waals surface area (Å²) in [5.41, 5.74) is 1.15. The van der Waals surface area contributed by atoms with Gasteiger partial charge in [0.25, 0.3) is 0 Å². The molecule has 1 aliphatic heterocycles. The van der Waals surface area contributed by atoms with Crippen molar-refractivity contribution in [2.45, 2.75) is 18.8 Å². The lowest BCUT2D eigenvalue weighted by molar-refractivity contribution is 0.361. The molecule has 1 N–H and O–H groups in total. The van der Waals surface area contributed by atoms with Crippen molar-refractivity contribution in [1.29, 1.82) is 0 Å². The van der Waals surface area contributed by atoms with Gasteiger partial charge in [0.15, 0.2) is 0 Å². The third-order valence-corrected chi connectivity index (χ3v) is 3.06. The van der Waals surface area contributed by atoms with Gasteiger partial charge in [0.2, 0.25) is 0 Å². The van der Waals surface area contributed by atoms with Crippen LogP contribution in [-0.2, 0) is 0 Å². The fourth-order valence-corrected chi connectivity index (χ4v) is 2.26. The zero-order valence-electron chi connectivity index (χ0n) is 9.82. The number of nitrogens with zero attached hydrogens (tertiary/aromatic N) is 1. The Bertz CT molecular complexity index is 327. The van der Waals surface area contributed by atoms with Crippen molar-refractivity contribution in [3.05, 3.63) is 18.0 Å². The first-order valence-corrected chi connectivity index (χ1v) is 5.63. The summed E-state index contributed by atoms with van der Waals surface area (Å²) in [7, 11) is 3.35. The third-order valence-electron chi connectivity index (χ3n) is 3.06. The highest BCUT2D eigenvalue weighted by molar-refractivity contribution is 5.44. The Morgan fingerprint density at radius 2 is 1.94 bits per heavy atom. The van der Waals surface area contributed by atoms with Crippen LogP contribution in [0.5, 0.6) is 11.5 Å². The molecule has 0 amide bonds. The number of hydrogen-bond acceptors (Lipinski definition) is 4. The van der Waals surface area contributed by atoms with E-state index in [0.717, 1.165) is 30.2 Å². The molecule has 1 aromatic heterocycles. The van der Waals surface area contributed by atoms with Crippen molar-refractivity contribution in [1.82, 2.24) is 10.3 Å². The number of piperidine rings is 1. The molecule has 2 rings (SSSR count). The fraction of sp³-hybridized carbons (Fsp3) is 0.583. The second kappa shape index (κ2) is 5.16. The molecule has 1 aromatic rings. The van der Waals surface area contributed by atoms with Crippen molar-refractivity contribution >= 4 is 0 Å². The Morgan fingerprint density at radius 3 is 2.44 bits per heavy atom. The molecule has 0 bridgehead atoms. The minimum absolute atomic E-state index is 0.460. The van der Waals surface area contributed by atoms with Crippen LogP contribution in [0.1, 0.15) is 24.3 Å². The molecule has 0 saturated carbocycles. The summed E-state index contributed by atoms with van der Waals surface area (Å²) in [5.74, 6) is 2.11. The first-order valence-electron chi connectivity index (χ1n) is 5.63. The molecular formula is C12H18N2O2. The van der Waals surface area contributed by atoms with Crippen molar-refractivity contribution in [3.63, 3.8) is 0 Å². The first kappa shape index (κ1) is 11.2. The van der Waals surface area contributed by atoms with Gasteiger partial charge in [0.05, 0.1) is 26.6 Å². The zero-order valence-corrected chi connectivity index (χ0v) is 9.82. The number of rotatable bonds is 3. The molecule has 1 saturated heterocycles. The van der Waals surface area contributed by atoms with Crippen molar-refractivity contribution < 1.29 is 9.47 Å². The van der Waals surface area contributed by atoms with E-state index in [1.165, 1.54) is 12.8 Å². The van der Waals surface area contributed by atoms with Crippen LogP contribution in [-0.4, -0.2) is 32.3 Å². The van der Waals surface area contributed by atoms with Crippen LogP contribution in [0.15, 0.2) is 12.4 Å². The first-order chi connectivity index (χ1) is 7.86. The van der Waals surface area contributed by atoms with Crippen molar-refractivity contribution in [2.75, 3.05) is 27.3 Å². The van der Waals surface area contributed by atoms with Gasteiger partial charge >= 0.3 is 0 Å². The van der Waals surface area contributed by atoms with Crippen LogP contribution in [0.4, 0.5) is 0 Å². The Balaban J connectivity index is 2.34. The Kier molecular flexibility index (Phi) is 3.62. The number of aromatic nitrogens is 1. The zero-order chi connectivity index (χ0) is 11.4. The van der Waals surface area contributed by atoms with Crippen LogP contribution < -0.4 is 14.8 Å². The monoisotopic (exact) mass is 222 g/mol. The highest BCUT2D eigenvalue weighted by Gasteiger charge is 2.23. The topological polar surface area (TPSA) is 43.4 Å². The van der Waals surface area contributed by atoms with Gasteiger partial charge in [-0.25, -0.2) is 0 Å². The Labute approximate surface area is 96.0 Å². The van der Waals surface area contributed by atoms with Gasteiger partial charge in [-0.1, -0.05) is 0 Å². The molecule has 1 fully saturated rings. The molecular weight excluding hydrogens is 204 g/mol. The summed E-state index contributed by atoms with van der Waals surface area (Å²) >= 11 is 0. The normalized spacial score (nSPS) is 20.5. The molecule has 4 nitrogen and oxygen atoms in total. The highest BCUT2D eigenvalue weighted by atomic mass is 16.5. The minimum atomic E-state index is 0.460. The van der Waals surface area contributed by atoms with Crippen LogP contribution in [0.3, 0.4) is 0 Å². The molecule has 0 aromatic carbocycles. The van der Waals surface area contributed by atoms with E-state index in [1.54, 1.807) is 26.6 Å². The van der Waals surface area contributed by atoms with Crippen LogP contribution >= 0.6 is 0 Å². The molecule has 0 spiro atoms. The van der Waals surface area contributed by atoms with E-state index in [2.05, 4.69) is 10.3 Å². The van der Waals surface area contributed by atoms with Crippen molar-refractivity contribution in [3.8, 4) is 11.5 Å². The molecule has 16 heavy (non-hydrogen) atoms. The summed E-state index contributed by atoms with van der Waals surface area (Å²) in [4.78, 5) is 4.11.